The summed E-state index contributed by atoms with van der Waals surface area (Å²) in [6.07, 6.45) is 5.65. The van der Waals surface area contributed by atoms with E-state index in [2.05, 4.69) is 12.1 Å². The van der Waals surface area contributed by atoms with Gasteiger partial charge in [-0.15, -0.1) is 0 Å². The third kappa shape index (κ3) is 3.73. The average molecular weight is 353 g/mol. The Morgan fingerprint density at radius 3 is 2.22 bits per heavy atom. The van der Waals surface area contributed by atoms with E-state index in [0.29, 0.717) is 11.3 Å². The van der Waals surface area contributed by atoms with Crippen LogP contribution in [0.2, 0.25) is 0 Å². The molecular weight excluding hydrogens is 334 g/mol. The molecule has 0 aromatic heterocycles. The molecule has 0 aliphatic heterocycles. The summed E-state index contributed by atoms with van der Waals surface area (Å²) in [5.41, 5.74) is 5.28. The summed E-state index contributed by atoms with van der Waals surface area (Å²) in [4.78, 5) is 12.3. The lowest BCUT2D eigenvalue weighted by Crippen LogP contribution is -2.14. The summed E-state index contributed by atoms with van der Waals surface area (Å²) in [6, 6.07) is 25.6. The maximum Gasteiger partial charge on any atom is 0.188 e. The van der Waals surface area contributed by atoms with Crippen molar-refractivity contribution in [3.05, 3.63) is 113 Å². The van der Waals surface area contributed by atoms with Gasteiger partial charge in [-0.05, 0) is 46.9 Å². The van der Waals surface area contributed by atoms with Crippen LogP contribution in [0.15, 0.2) is 91.1 Å². The highest BCUT2D eigenvalue weighted by Crippen LogP contribution is 2.28. The van der Waals surface area contributed by atoms with Crippen molar-refractivity contribution in [2.24, 2.45) is 0 Å². The zero-order chi connectivity index (χ0) is 18.6. The zero-order valence-corrected chi connectivity index (χ0v) is 14.7. The Labute approximate surface area is 158 Å². The highest BCUT2D eigenvalue weighted by atomic mass is 16.5. The number of nitrogens with zero attached hydrogens (tertiary/aromatic N) is 1. The van der Waals surface area contributed by atoms with Crippen LogP contribution in [-0.4, -0.2) is 11.0 Å². The van der Waals surface area contributed by atoms with Crippen LogP contribution in [0.3, 0.4) is 0 Å². The van der Waals surface area contributed by atoms with E-state index >= 15 is 0 Å². The third-order valence-electron chi connectivity index (χ3n) is 4.63. The largest absolute Gasteiger partial charge is 0.289 e. The van der Waals surface area contributed by atoms with Gasteiger partial charge in [-0.2, -0.15) is 0 Å². The highest BCUT2D eigenvalue weighted by molar-refractivity contribution is 6.30. The second-order valence-electron chi connectivity index (χ2n) is 6.50. The van der Waals surface area contributed by atoms with Crippen LogP contribution in [0.5, 0.6) is 0 Å². The van der Waals surface area contributed by atoms with E-state index in [-0.39, 0.29) is 5.78 Å². The van der Waals surface area contributed by atoms with Gasteiger partial charge in [0.2, 0.25) is 0 Å². The van der Waals surface area contributed by atoms with Crippen LogP contribution in [0.1, 0.15) is 22.3 Å². The summed E-state index contributed by atoms with van der Waals surface area (Å²) in [6.45, 7) is 0. The Hall–Kier alpha value is -3.43. The van der Waals surface area contributed by atoms with E-state index in [1.807, 2.05) is 66.7 Å². The highest BCUT2D eigenvalue weighted by Gasteiger charge is 2.18. The minimum Gasteiger partial charge on any atom is -0.289 e. The van der Waals surface area contributed by atoms with Crippen LogP contribution in [0.25, 0.3) is 11.6 Å². The second-order valence-corrected chi connectivity index (χ2v) is 6.50. The Morgan fingerprint density at radius 1 is 0.778 bits per heavy atom. The quantitative estimate of drug-likeness (QED) is 0.523. The van der Waals surface area contributed by atoms with Crippen molar-refractivity contribution in [2.75, 3.05) is 5.06 Å². The van der Waals surface area contributed by atoms with Crippen molar-refractivity contribution in [2.45, 2.75) is 6.42 Å². The van der Waals surface area contributed by atoms with Gasteiger partial charge in [0.1, 0.15) is 0 Å². The standard InChI is InChI=1S/C24H19NO2/c26-24-15-12-20-8-4-5-9-22(20)23(24)17-25(27)21-13-10-19(11-14-21)16-18-6-2-1-3-7-18/h1-15,17,27H,16H2/b23-17-. The number of allylic oxidation sites excluding steroid dienone is 2. The van der Waals surface area contributed by atoms with E-state index in [1.165, 1.54) is 17.8 Å². The predicted octanol–water partition coefficient (Wildman–Crippen LogP) is 5.11. The van der Waals surface area contributed by atoms with Crippen LogP contribution in [-0.2, 0) is 11.2 Å². The Morgan fingerprint density at radius 2 is 1.44 bits per heavy atom. The number of hydroxylamine groups is 1. The van der Waals surface area contributed by atoms with Crippen molar-refractivity contribution in [1.82, 2.24) is 0 Å². The van der Waals surface area contributed by atoms with Gasteiger partial charge in [0, 0.05) is 11.8 Å². The maximum atomic E-state index is 12.3. The van der Waals surface area contributed by atoms with E-state index in [4.69, 9.17) is 0 Å². The van der Waals surface area contributed by atoms with E-state index in [0.717, 1.165) is 28.2 Å². The molecule has 1 N–H and O–H groups in total. The molecule has 27 heavy (non-hydrogen) atoms. The molecule has 0 atom stereocenters. The third-order valence-corrected chi connectivity index (χ3v) is 4.63. The topological polar surface area (TPSA) is 40.5 Å². The molecule has 0 spiro atoms. The molecule has 3 heteroatoms. The van der Waals surface area contributed by atoms with Gasteiger partial charge in [-0.1, -0.05) is 72.8 Å². The fraction of sp³-hybridized carbons (Fsp3) is 0.0417. The van der Waals surface area contributed by atoms with Crippen molar-refractivity contribution in [3.8, 4) is 0 Å². The molecule has 0 amide bonds. The van der Waals surface area contributed by atoms with Crippen LogP contribution in [0, 0.1) is 0 Å². The van der Waals surface area contributed by atoms with Crippen molar-refractivity contribution in [1.29, 1.82) is 0 Å². The van der Waals surface area contributed by atoms with E-state index in [9.17, 15) is 10.0 Å². The fourth-order valence-electron chi connectivity index (χ4n) is 3.20. The van der Waals surface area contributed by atoms with Crippen molar-refractivity contribution >= 4 is 23.1 Å². The van der Waals surface area contributed by atoms with Crippen LogP contribution >= 0.6 is 0 Å². The average Bonchev–Trinajstić information content (AvgIpc) is 2.71. The molecule has 0 bridgehead atoms. The fourth-order valence-corrected chi connectivity index (χ4v) is 3.20. The number of benzene rings is 3. The number of rotatable bonds is 4. The lowest BCUT2D eigenvalue weighted by atomic mass is 9.92. The minimum absolute atomic E-state index is 0.117. The first kappa shape index (κ1) is 17.0. The van der Waals surface area contributed by atoms with Gasteiger partial charge in [-0.25, -0.2) is 5.06 Å². The summed E-state index contributed by atoms with van der Waals surface area (Å²) >= 11 is 0. The van der Waals surface area contributed by atoms with Gasteiger partial charge in [0.25, 0.3) is 0 Å². The molecular formula is C24H19NO2. The summed E-state index contributed by atoms with van der Waals surface area (Å²) in [7, 11) is 0. The number of fused-ring (bicyclic) bond motifs is 1. The molecule has 0 saturated heterocycles. The number of carbonyl (C=O) groups excluding carboxylic acids is 1. The first-order chi connectivity index (χ1) is 13.2. The van der Waals surface area contributed by atoms with Crippen LogP contribution < -0.4 is 5.06 Å². The molecule has 0 saturated carbocycles. The van der Waals surface area contributed by atoms with Crippen molar-refractivity contribution < 1.29 is 10.0 Å². The van der Waals surface area contributed by atoms with Gasteiger partial charge >= 0.3 is 0 Å². The molecule has 0 unspecified atom stereocenters. The Kier molecular flexibility index (Phi) is 4.69. The molecule has 4 rings (SSSR count). The van der Waals surface area contributed by atoms with Gasteiger partial charge in [0.05, 0.1) is 5.69 Å². The Balaban J connectivity index is 1.56. The number of hydrogen-bond acceptors (Lipinski definition) is 3. The molecule has 1 aliphatic rings. The van der Waals surface area contributed by atoms with Gasteiger partial charge < -0.3 is 0 Å². The molecule has 132 valence electrons. The first-order valence-electron chi connectivity index (χ1n) is 8.85. The summed E-state index contributed by atoms with van der Waals surface area (Å²) in [5, 5.41) is 11.5. The molecule has 3 aromatic rings. The number of carbonyl (C=O) groups is 1. The predicted molar refractivity (Wildman–Crippen MR) is 108 cm³/mol. The number of anilines is 1. The maximum absolute atomic E-state index is 12.3. The van der Waals surface area contributed by atoms with E-state index < -0.39 is 0 Å². The van der Waals surface area contributed by atoms with E-state index in [1.54, 1.807) is 6.08 Å². The molecule has 3 nitrogen and oxygen atoms in total. The monoisotopic (exact) mass is 353 g/mol. The SMILES string of the molecule is O=C1C=Cc2ccccc2/C1=C/N(O)c1ccc(Cc2ccccc2)cc1. The zero-order valence-electron chi connectivity index (χ0n) is 14.7. The lowest BCUT2D eigenvalue weighted by molar-refractivity contribution is -0.109. The normalized spacial score (nSPS) is 14.3. The van der Waals surface area contributed by atoms with Gasteiger partial charge in [-0.3, -0.25) is 10.0 Å². The summed E-state index contributed by atoms with van der Waals surface area (Å²) < 4.78 is 0. The molecule has 3 aromatic carbocycles. The lowest BCUT2D eigenvalue weighted by Gasteiger charge is -2.18. The molecule has 1 aliphatic carbocycles. The minimum atomic E-state index is -0.117. The Bertz CT molecular complexity index is 1020. The summed E-state index contributed by atoms with van der Waals surface area (Å²) in [5.74, 6) is -0.117. The van der Waals surface area contributed by atoms with Crippen LogP contribution in [0.4, 0.5) is 5.69 Å². The molecule has 0 radical (unpaired) electrons. The number of ketones is 1. The van der Waals surface area contributed by atoms with Crippen molar-refractivity contribution in [3.63, 3.8) is 0 Å². The number of hydrogen-bond donors (Lipinski definition) is 1. The smallest absolute Gasteiger partial charge is 0.188 e. The van der Waals surface area contributed by atoms with Gasteiger partial charge in [0.15, 0.2) is 5.78 Å². The molecule has 0 fully saturated rings. The second kappa shape index (κ2) is 7.44. The first-order valence-corrected chi connectivity index (χ1v) is 8.85. The molecule has 0 heterocycles.